The van der Waals surface area contributed by atoms with Gasteiger partial charge < -0.3 is 5.32 Å². The van der Waals surface area contributed by atoms with Gasteiger partial charge in [0.25, 0.3) is 0 Å². The van der Waals surface area contributed by atoms with Crippen molar-refractivity contribution in [2.45, 2.75) is 12.7 Å². The molecule has 1 amide bonds. The van der Waals surface area contributed by atoms with Crippen molar-refractivity contribution in [2.24, 2.45) is 0 Å². The Morgan fingerprint density at radius 3 is 2.29 bits per heavy atom. The second-order valence-electron chi connectivity index (χ2n) is 5.39. The maximum atomic E-state index is 13.5. The topological polar surface area (TPSA) is 32.3 Å². The number of halogens is 4. The zero-order chi connectivity index (χ0) is 17.7. The van der Waals surface area contributed by atoms with Crippen LogP contribution in [-0.4, -0.2) is 24.4 Å². The van der Waals surface area contributed by atoms with Crippen molar-refractivity contribution in [3.63, 3.8) is 0 Å². The Bertz CT molecular complexity index is 698. The van der Waals surface area contributed by atoms with Gasteiger partial charge in [0.15, 0.2) is 0 Å². The van der Waals surface area contributed by atoms with E-state index in [-0.39, 0.29) is 24.6 Å². The van der Waals surface area contributed by atoms with Gasteiger partial charge in [-0.25, -0.2) is 4.39 Å². The van der Waals surface area contributed by atoms with Crippen molar-refractivity contribution in [3.8, 4) is 0 Å². The average molecular weight is 340 g/mol. The first-order valence-electron chi connectivity index (χ1n) is 7.15. The summed E-state index contributed by atoms with van der Waals surface area (Å²) >= 11 is 0. The number of alkyl halides is 3. The summed E-state index contributed by atoms with van der Waals surface area (Å²) in [5, 5.41) is 2.51. The number of benzene rings is 2. The van der Waals surface area contributed by atoms with E-state index in [1.165, 1.54) is 18.2 Å². The van der Waals surface area contributed by atoms with Gasteiger partial charge in [0.05, 0.1) is 12.1 Å². The molecule has 128 valence electrons. The highest BCUT2D eigenvalue weighted by molar-refractivity contribution is 5.92. The fourth-order valence-electron chi connectivity index (χ4n) is 2.16. The van der Waals surface area contributed by atoms with Crippen LogP contribution in [0.2, 0.25) is 0 Å². The molecule has 0 spiro atoms. The minimum absolute atomic E-state index is 0.0185. The monoisotopic (exact) mass is 340 g/mol. The van der Waals surface area contributed by atoms with Gasteiger partial charge in [-0.2, -0.15) is 13.2 Å². The van der Waals surface area contributed by atoms with Crippen molar-refractivity contribution < 1.29 is 22.4 Å². The van der Waals surface area contributed by atoms with E-state index in [1.807, 2.05) is 0 Å². The molecule has 0 atom stereocenters. The highest BCUT2D eigenvalue weighted by atomic mass is 19.4. The molecular weight excluding hydrogens is 324 g/mol. The van der Waals surface area contributed by atoms with Crippen LogP contribution >= 0.6 is 0 Å². The van der Waals surface area contributed by atoms with E-state index in [9.17, 15) is 22.4 Å². The second-order valence-corrected chi connectivity index (χ2v) is 5.39. The molecule has 7 heteroatoms. The van der Waals surface area contributed by atoms with Gasteiger partial charge in [0, 0.05) is 17.8 Å². The van der Waals surface area contributed by atoms with Crippen LogP contribution in [0.25, 0.3) is 0 Å². The van der Waals surface area contributed by atoms with E-state index in [0.717, 1.165) is 12.1 Å². The van der Waals surface area contributed by atoms with Crippen LogP contribution in [0, 0.1) is 5.82 Å². The Balaban J connectivity index is 1.90. The first-order valence-corrected chi connectivity index (χ1v) is 7.15. The Kier molecular flexibility index (Phi) is 5.56. The number of hydrogen-bond acceptors (Lipinski definition) is 2. The zero-order valence-electron chi connectivity index (χ0n) is 12.9. The van der Waals surface area contributed by atoms with Gasteiger partial charge in [-0.05, 0) is 37.4 Å². The maximum absolute atomic E-state index is 13.5. The Labute approximate surface area is 136 Å². The third-order valence-electron chi connectivity index (χ3n) is 3.31. The average Bonchev–Trinajstić information content (AvgIpc) is 2.49. The number of rotatable bonds is 5. The molecule has 0 aliphatic heterocycles. The van der Waals surface area contributed by atoms with Gasteiger partial charge in [0.2, 0.25) is 5.91 Å². The Hall–Kier alpha value is -2.41. The molecular formula is C17H16F4N2O. The van der Waals surface area contributed by atoms with Crippen molar-refractivity contribution >= 4 is 11.6 Å². The molecule has 0 saturated heterocycles. The van der Waals surface area contributed by atoms with E-state index >= 15 is 0 Å². The molecule has 1 N–H and O–H groups in total. The van der Waals surface area contributed by atoms with Crippen LogP contribution in [0.4, 0.5) is 23.2 Å². The first-order chi connectivity index (χ1) is 11.3. The summed E-state index contributed by atoms with van der Waals surface area (Å²) in [7, 11) is 1.65. The lowest BCUT2D eigenvalue weighted by molar-refractivity contribution is -0.137. The standard InChI is InChI=1S/C17H16F4N2O/c1-23(10-12-4-2-3-5-15(12)18)11-16(24)22-14-8-6-13(7-9-14)17(19,20)21/h2-9H,10-11H2,1H3,(H,22,24). The van der Waals surface area contributed by atoms with E-state index in [4.69, 9.17) is 0 Å². The summed E-state index contributed by atoms with van der Waals surface area (Å²) in [6, 6.07) is 10.4. The lowest BCUT2D eigenvalue weighted by Gasteiger charge is -2.17. The molecule has 0 aromatic heterocycles. The minimum atomic E-state index is -4.41. The van der Waals surface area contributed by atoms with Crippen LogP contribution in [-0.2, 0) is 17.5 Å². The third-order valence-corrected chi connectivity index (χ3v) is 3.31. The SMILES string of the molecule is CN(CC(=O)Nc1ccc(C(F)(F)F)cc1)Cc1ccccc1F. The molecule has 24 heavy (non-hydrogen) atoms. The molecule has 0 saturated carbocycles. The molecule has 0 unspecified atom stereocenters. The zero-order valence-corrected chi connectivity index (χ0v) is 12.9. The third kappa shape index (κ3) is 5.06. The molecule has 0 aliphatic carbocycles. The van der Waals surface area contributed by atoms with Crippen molar-refractivity contribution in [3.05, 3.63) is 65.5 Å². The van der Waals surface area contributed by atoms with Crippen LogP contribution in [0.3, 0.4) is 0 Å². The first kappa shape index (κ1) is 17.9. The van der Waals surface area contributed by atoms with Gasteiger partial charge in [-0.1, -0.05) is 18.2 Å². The summed E-state index contributed by atoms with van der Waals surface area (Å²) < 4.78 is 51.0. The number of hydrogen-bond donors (Lipinski definition) is 1. The molecule has 0 fully saturated rings. The molecule has 2 aromatic rings. The van der Waals surface area contributed by atoms with E-state index in [2.05, 4.69) is 5.32 Å². The lowest BCUT2D eigenvalue weighted by Crippen LogP contribution is -2.30. The Morgan fingerprint density at radius 1 is 1.08 bits per heavy atom. The molecule has 2 aromatic carbocycles. The molecule has 2 rings (SSSR count). The van der Waals surface area contributed by atoms with Gasteiger partial charge in [0.1, 0.15) is 5.82 Å². The highest BCUT2D eigenvalue weighted by Gasteiger charge is 2.29. The summed E-state index contributed by atoms with van der Waals surface area (Å²) in [5.74, 6) is -0.749. The smallest absolute Gasteiger partial charge is 0.325 e. The maximum Gasteiger partial charge on any atom is 0.416 e. The summed E-state index contributed by atoms with van der Waals surface area (Å²) in [6.07, 6.45) is -4.41. The molecule has 0 bridgehead atoms. The quantitative estimate of drug-likeness (QED) is 0.837. The lowest BCUT2D eigenvalue weighted by atomic mass is 10.2. The van der Waals surface area contributed by atoms with Crippen molar-refractivity contribution in [1.29, 1.82) is 0 Å². The molecule has 3 nitrogen and oxygen atoms in total. The fraction of sp³-hybridized carbons (Fsp3) is 0.235. The number of nitrogens with one attached hydrogen (secondary N) is 1. The number of carbonyl (C=O) groups excluding carboxylic acids is 1. The largest absolute Gasteiger partial charge is 0.416 e. The van der Waals surface area contributed by atoms with Gasteiger partial charge in [-0.15, -0.1) is 0 Å². The second kappa shape index (κ2) is 7.44. The predicted molar refractivity (Wildman–Crippen MR) is 82.8 cm³/mol. The number of amides is 1. The van der Waals surface area contributed by atoms with E-state index < -0.39 is 17.6 Å². The van der Waals surface area contributed by atoms with Crippen molar-refractivity contribution in [1.82, 2.24) is 4.90 Å². The van der Waals surface area contributed by atoms with Gasteiger partial charge in [-0.3, -0.25) is 9.69 Å². The normalized spacial score (nSPS) is 11.6. The number of nitrogens with zero attached hydrogens (tertiary/aromatic N) is 1. The number of likely N-dealkylation sites (N-methyl/N-ethyl adjacent to an activating group) is 1. The summed E-state index contributed by atoms with van der Waals surface area (Å²) in [6.45, 7) is 0.225. The van der Waals surface area contributed by atoms with Crippen LogP contribution in [0.5, 0.6) is 0 Å². The predicted octanol–water partition coefficient (Wildman–Crippen LogP) is 3.92. The number of carbonyl (C=O) groups is 1. The molecule has 0 heterocycles. The van der Waals surface area contributed by atoms with Crippen LogP contribution < -0.4 is 5.32 Å². The number of anilines is 1. The fourth-order valence-corrected chi connectivity index (χ4v) is 2.16. The van der Waals surface area contributed by atoms with Crippen molar-refractivity contribution in [2.75, 3.05) is 18.9 Å². The van der Waals surface area contributed by atoms with Gasteiger partial charge >= 0.3 is 6.18 Å². The van der Waals surface area contributed by atoms with Crippen LogP contribution in [0.15, 0.2) is 48.5 Å². The minimum Gasteiger partial charge on any atom is -0.325 e. The molecule has 0 aliphatic rings. The summed E-state index contributed by atoms with van der Waals surface area (Å²) in [4.78, 5) is 13.5. The van der Waals surface area contributed by atoms with Crippen LogP contribution in [0.1, 0.15) is 11.1 Å². The molecule has 0 radical (unpaired) electrons. The summed E-state index contributed by atoms with van der Waals surface area (Å²) in [5.41, 5.74) is -0.0493. The van der Waals surface area contributed by atoms with E-state index in [1.54, 1.807) is 30.1 Å². The Morgan fingerprint density at radius 2 is 1.71 bits per heavy atom. The van der Waals surface area contributed by atoms with E-state index in [0.29, 0.717) is 5.56 Å². The highest BCUT2D eigenvalue weighted by Crippen LogP contribution is 2.29.